The third kappa shape index (κ3) is 2.90. The standard InChI is InChI=1S/C10H14BrNOS/c1-3-7(12-4-2)10(13)8-5-6-9(11)14-8/h5-7,12H,3-4H2,1-2H3. The zero-order chi connectivity index (χ0) is 10.6. The largest absolute Gasteiger partial charge is 0.307 e. The van der Waals surface area contributed by atoms with E-state index in [1.165, 1.54) is 11.3 Å². The molecule has 0 radical (unpaired) electrons. The van der Waals surface area contributed by atoms with E-state index in [9.17, 15) is 4.79 Å². The summed E-state index contributed by atoms with van der Waals surface area (Å²) >= 11 is 4.85. The van der Waals surface area contributed by atoms with E-state index >= 15 is 0 Å². The minimum atomic E-state index is -0.0365. The number of carbonyl (C=O) groups excluding carboxylic acids is 1. The van der Waals surface area contributed by atoms with Crippen LogP contribution in [0.1, 0.15) is 29.9 Å². The minimum Gasteiger partial charge on any atom is -0.307 e. The van der Waals surface area contributed by atoms with Gasteiger partial charge >= 0.3 is 0 Å². The van der Waals surface area contributed by atoms with E-state index in [1.807, 2.05) is 26.0 Å². The van der Waals surface area contributed by atoms with Crippen molar-refractivity contribution < 1.29 is 4.79 Å². The molecule has 1 unspecified atom stereocenters. The Labute approximate surface area is 96.8 Å². The zero-order valence-electron chi connectivity index (χ0n) is 8.34. The molecule has 0 bridgehead atoms. The molecule has 0 saturated carbocycles. The topological polar surface area (TPSA) is 29.1 Å². The van der Waals surface area contributed by atoms with Crippen LogP contribution in [0.15, 0.2) is 15.9 Å². The molecule has 0 saturated heterocycles. The van der Waals surface area contributed by atoms with Gasteiger partial charge in [-0.15, -0.1) is 11.3 Å². The Morgan fingerprint density at radius 2 is 2.29 bits per heavy atom. The minimum absolute atomic E-state index is 0.0365. The number of halogens is 1. The van der Waals surface area contributed by atoms with E-state index in [0.29, 0.717) is 0 Å². The van der Waals surface area contributed by atoms with Crippen molar-refractivity contribution in [2.24, 2.45) is 0 Å². The monoisotopic (exact) mass is 275 g/mol. The van der Waals surface area contributed by atoms with Crippen LogP contribution in [-0.2, 0) is 0 Å². The smallest absolute Gasteiger partial charge is 0.189 e. The molecule has 0 aliphatic heterocycles. The first-order valence-electron chi connectivity index (χ1n) is 4.72. The van der Waals surface area contributed by atoms with Gasteiger partial charge in [0.25, 0.3) is 0 Å². The van der Waals surface area contributed by atoms with Gasteiger partial charge in [-0.25, -0.2) is 0 Å². The molecule has 1 aromatic heterocycles. The van der Waals surface area contributed by atoms with Gasteiger partial charge in [-0.05, 0) is 41.0 Å². The van der Waals surface area contributed by atoms with Crippen molar-refractivity contribution in [3.63, 3.8) is 0 Å². The van der Waals surface area contributed by atoms with E-state index in [1.54, 1.807) is 0 Å². The summed E-state index contributed by atoms with van der Waals surface area (Å²) in [4.78, 5) is 12.7. The van der Waals surface area contributed by atoms with Crippen molar-refractivity contribution in [3.05, 3.63) is 20.8 Å². The Balaban J connectivity index is 2.72. The molecule has 1 atom stereocenters. The van der Waals surface area contributed by atoms with E-state index in [0.717, 1.165) is 21.6 Å². The van der Waals surface area contributed by atoms with Gasteiger partial charge in [0.05, 0.1) is 14.7 Å². The first-order chi connectivity index (χ1) is 6.69. The predicted octanol–water partition coefficient (Wildman–Crippen LogP) is 3.08. The predicted molar refractivity (Wildman–Crippen MR) is 64.1 cm³/mol. The second-order valence-corrected chi connectivity index (χ2v) is 5.45. The maximum atomic E-state index is 11.9. The van der Waals surface area contributed by atoms with Crippen molar-refractivity contribution in [2.75, 3.05) is 6.54 Å². The third-order valence-electron chi connectivity index (χ3n) is 1.99. The summed E-state index contributed by atoms with van der Waals surface area (Å²) in [7, 11) is 0. The fourth-order valence-electron chi connectivity index (χ4n) is 1.29. The molecular weight excluding hydrogens is 262 g/mol. The Morgan fingerprint density at radius 1 is 1.57 bits per heavy atom. The Morgan fingerprint density at radius 3 is 2.71 bits per heavy atom. The highest BCUT2D eigenvalue weighted by atomic mass is 79.9. The summed E-state index contributed by atoms with van der Waals surface area (Å²) < 4.78 is 1.01. The third-order valence-corrected chi connectivity index (χ3v) is 3.63. The van der Waals surface area contributed by atoms with Gasteiger partial charge in [0.1, 0.15) is 0 Å². The molecule has 0 aliphatic carbocycles. The lowest BCUT2D eigenvalue weighted by atomic mass is 10.1. The van der Waals surface area contributed by atoms with Crippen LogP contribution in [0.25, 0.3) is 0 Å². The lowest BCUT2D eigenvalue weighted by Crippen LogP contribution is -2.35. The summed E-state index contributed by atoms with van der Waals surface area (Å²) in [6, 6.07) is 3.75. The summed E-state index contributed by atoms with van der Waals surface area (Å²) in [5, 5.41) is 3.18. The Bertz CT molecular complexity index is 311. The van der Waals surface area contributed by atoms with Crippen molar-refractivity contribution in [3.8, 4) is 0 Å². The van der Waals surface area contributed by atoms with Crippen LogP contribution in [0, 0.1) is 0 Å². The second kappa shape index (κ2) is 5.63. The zero-order valence-corrected chi connectivity index (χ0v) is 10.7. The van der Waals surface area contributed by atoms with Crippen LogP contribution in [0.2, 0.25) is 0 Å². The van der Waals surface area contributed by atoms with E-state index in [4.69, 9.17) is 0 Å². The van der Waals surface area contributed by atoms with Gasteiger partial charge in [-0.2, -0.15) is 0 Å². The van der Waals surface area contributed by atoms with Crippen LogP contribution < -0.4 is 5.32 Å². The number of Topliss-reactive ketones (excluding diaryl/α,β-unsaturated/α-hetero) is 1. The molecule has 2 nitrogen and oxygen atoms in total. The molecule has 0 amide bonds. The van der Waals surface area contributed by atoms with Crippen LogP contribution >= 0.6 is 27.3 Å². The Hall–Kier alpha value is -0.190. The quantitative estimate of drug-likeness (QED) is 0.837. The summed E-state index contributed by atoms with van der Waals surface area (Å²) in [5.74, 6) is 0.199. The van der Waals surface area contributed by atoms with Crippen molar-refractivity contribution >= 4 is 33.0 Å². The SMILES string of the molecule is CCNC(CC)C(=O)c1ccc(Br)s1. The lowest BCUT2D eigenvalue weighted by molar-refractivity contribution is 0.0945. The average Bonchev–Trinajstić information content (AvgIpc) is 2.60. The Kier molecular flexibility index (Phi) is 4.78. The molecule has 14 heavy (non-hydrogen) atoms. The molecule has 1 heterocycles. The number of rotatable bonds is 5. The van der Waals surface area contributed by atoms with Gasteiger partial charge in [-0.1, -0.05) is 13.8 Å². The summed E-state index contributed by atoms with van der Waals surface area (Å²) in [6.45, 7) is 4.87. The van der Waals surface area contributed by atoms with Crippen LogP contribution in [0.3, 0.4) is 0 Å². The van der Waals surface area contributed by atoms with Crippen molar-refractivity contribution in [1.82, 2.24) is 5.32 Å². The molecule has 0 spiro atoms. The lowest BCUT2D eigenvalue weighted by Gasteiger charge is -2.12. The molecular formula is C10H14BrNOS. The molecule has 4 heteroatoms. The molecule has 1 aromatic rings. The number of likely N-dealkylation sites (N-methyl/N-ethyl adjacent to an activating group) is 1. The van der Waals surface area contributed by atoms with E-state index < -0.39 is 0 Å². The fourth-order valence-corrected chi connectivity index (χ4v) is 2.67. The van der Waals surface area contributed by atoms with Gasteiger partial charge in [0, 0.05) is 0 Å². The summed E-state index contributed by atoms with van der Waals surface area (Å²) in [5.41, 5.74) is 0. The van der Waals surface area contributed by atoms with Crippen molar-refractivity contribution in [2.45, 2.75) is 26.3 Å². The number of thiophene rings is 1. The maximum absolute atomic E-state index is 11.9. The number of hydrogen-bond donors (Lipinski definition) is 1. The highest BCUT2D eigenvalue weighted by Crippen LogP contribution is 2.23. The number of carbonyl (C=O) groups is 1. The molecule has 0 fully saturated rings. The number of nitrogens with one attached hydrogen (secondary N) is 1. The number of ketones is 1. The fraction of sp³-hybridized carbons (Fsp3) is 0.500. The molecule has 0 aromatic carbocycles. The van der Waals surface area contributed by atoms with Gasteiger partial charge < -0.3 is 5.32 Å². The van der Waals surface area contributed by atoms with Gasteiger partial charge in [0.2, 0.25) is 0 Å². The van der Waals surface area contributed by atoms with Crippen molar-refractivity contribution in [1.29, 1.82) is 0 Å². The highest BCUT2D eigenvalue weighted by Gasteiger charge is 2.18. The first kappa shape index (κ1) is 11.9. The van der Waals surface area contributed by atoms with Crippen LogP contribution in [0.4, 0.5) is 0 Å². The highest BCUT2D eigenvalue weighted by molar-refractivity contribution is 9.11. The average molecular weight is 276 g/mol. The molecule has 78 valence electrons. The van der Waals surface area contributed by atoms with Gasteiger partial charge in [0.15, 0.2) is 5.78 Å². The summed E-state index contributed by atoms with van der Waals surface area (Å²) in [6.07, 6.45) is 0.836. The number of hydrogen-bond acceptors (Lipinski definition) is 3. The normalized spacial score (nSPS) is 12.8. The van der Waals surface area contributed by atoms with E-state index in [2.05, 4.69) is 21.2 Å². The molecule has 1 N–H and O–H groups in total. The van der Waals surface area contributed by atoms with E-state index in [-0.39, 0.29) is 11.8 Å². The maximum Gasteiger partial charge on any atom is 0.189 e. The van der Waals surface area contributed by atoms with Crippen LogP contribution in [-0.4, -0.2) is 18.4 Å². The first-order valence-corrected chi connectivity index (χ1v) is 6.32. The van der Waals surface area contributed by atoms with Crippen LogP contribution in [0.5, 0.6) is 0 Å². The second-order valence-electron chi connectivity index (χ2n) is 2.99. The van der Waals surface area contributed by atoms with Gasteiger partial charge in [-0.3, -0.25) is 4.79 Å². The molecule has 1 rings (SSSR count). The molecule has 0 aliphatic rings.